The first kappa shape index (κ1) is 18.6. The van der Waals surface area contributed by atoms with E-state index in [4.69, 9.17) is 0 Å². The Morgan fingerprint density at radius 2 is 1.85 bits per heavy atom. The fourth-order valence-electron chi connectivity index (χ4n) is 3.96. The summed E-state index contributed by atoms with van der Waals surface area (Å²) in [5.74, 6) is -1.78. The minimum absolute atomic E-state index is 0.0415. The Morgan fingerprint density at radius 1 is 1.23 bits per heavy atom. The number of carboxylic acid groups (broad SMARTS) is 1. The summed E-state index contributed by atoms with van der Waals surface area (Å²) in [5, 5.41) is 12.4. The molecule has 2 N–H and O–H groups in total. The number of carbonyl (C=O) groups excluding carboxylic acids is 2. The first-order valence-electron chi connectivity index (χ1n) is 8.57. The van der Waals surface area contributed by atoms with Crippen LogP contribution in [0, 0.1) is 5.92 Å². The molecule has 1 unspecified atom stereocenters. The number of hydrogen-bond acceptors (Lipinski definition) is 4. The first-order valence-corrected chi connectivity index (χ1v) is 9.79. The maximum Gasteiger partial charge on any atom is 0.321 e. The van der Waals surface area contributed by atoms with E-state index in [-0.39, 0.29) is 18.4 Å². The molecule has 1 spiro atoms. The highest BCUT2D eigenvalue weighted by atomic mass is 32.2. The number of likely N-dealkylation sites (tertiary alicyclic amines) is 2. The molecule has 0 saturated carbocycles. The van der Waals surface area contributed by atoms with Crippen molar-refractivity contribution in [3.63, 3.8) is 0 Å². The van der Waals surface area contributed by atoms with Gasteiger partial charge in [0.2, 0.25) is 5.91 Å². The van der Waals surface area contributed by atoms with E-state index in [0.29, 0.717) is 25.9 Å². The molecule has 26 heavy (non-hydrogen) atoms. The normalized spacial score (nSPS) is 21.9. The van der Waals surface area contributed by atoms with Crippen LogP contribution in [0.1, 0.15) is 19.3 Å². The number of hydrogen-bond donors (Lipinski definition) is 2. The quantitative estimate of drug-likeness (QED) is 0.789. The summed E-state index contributed by atoms with van der Waals surface area (Å²) in [5.41, 5.74) is 0.0457. The number of anilines is 1. The summed E-state index contributed by atoms with van der Waals surface area (Å²) in [6, 6.07) is 7.41. The number of thioether (sulfide) groups is 1. The highest BCUT2D eigenvalue weighted by molar-refractivity contribution is 7.98. The first-order chi connectivity index (χ1) is 12.4. The van der Waals surface area contributed by atoms with Gasteiger partial charge in [-0.3, -0.25) is 9.59 Å². The van der Waals surface area contributed by atoms with Gasteiger partial charge in [-0.05, 0) is 43.4 Å². The van der Waals surface area contributed by atoms with Crippen molar-refractivity contribution in [3.05, 3.63) is 24.3 Å². The molecule has 2 heterocycles. The van der Waals surface area contributed by atoms with Crippen molar-refractivity contribution in [2.45, 2.75) is 29.7 Å². The summed E-state index contributed by atoms with van der Waals surface area (Å²) in [6.07, 6.45) is 2.99. The van der Waals surface area contributed by atoms with Crippen LogP contribution in [0.2, 0.25) is 0 Å². The van der Waals surface area contributed by atoms with Gasteiger partial charge in [0.15, 0.2) is 0 Å². The molecule has 2 saturated heterocycles. The molecule has 7 nitrogen and oxygen atoms in total. The van der Waals surface area contributed by atoms with Gasteiger partial charge in [-0.25, -0.2) is 4.79 Å². The molecule has 1 aromatic rings. The zero-order valence-electron chi connectivity index (χ0n) is 14.9. The number of piperidine rings is 1. The number of nitrogens with zero attached hydrogens (tertiary/aromatic N) is 2. The number of carbonyl (C=O) groups is 3. The molecule has 0 radical (unpaired) electrons. The molecule has 0 aromatic heterocycles. The molecule has 1 aromatic carbocycles. The highest BCUT2D eigenvalue weighted by Gasteiger charge is 2.55. The summed E-state index contributed by atoms with van der Waals surface area (Å²) in [4.78, 5) is 40.5. The average Bonchev–Trinajstić information content (AvgIpc) is 2.88. The third-order valence-electron chi connectivity index (χ3n) is 5.63. The van der Waals surface area contributed by atoms with Gasteiger partial charge in [-0.1, -0.05) is 0 Å². The second-order valence-corrected chi connectivity index (χ2v) is 7.68. The molecular weight excluding hydrogens is 354 g/mol. The Bertz CT molecular complexity index is 714. The number of carboxylic acids is 1. The standard InChI is InChI=1S/C18H23N3O4S/c1-20-15(22)11-14(16(23)24)18(20)7-9-21(10-8-18)17(25)19-12-3-5-13(26-2)6-4-12/h3-6,14H,7-11H2,1-2H3,(H,19,25)(H,23,24). The number of benzene rings is 1. The van der Waals surface area contributed by atoms with Crippen LogP contribution in [0.3, 0.4) is 0 Å². The van der Waals surface area contributed by atoms with Gasteiger partial charge in [0.1, 0.15) is 0 Å². The van der Waals surface area contributed by atoms with Crippen molar-refractivity contribution in [1.82, 2.24) is 9.80 Å². The molecule has 3 amide bonds. The monoisotopic (exact) mass is 377 g/mol. The predicted octanol–water partition coefficient (Wildman–Crippen LogP) is 2.34. The zero-order valence-corrected chi connectivity index (χ0v) is 15.7. The fraction of sp³-hybridized carbons (Fsp3) is 0.500. The van der Waals surface area contributed by atoms with Crippen LogP contribution in [0.25, 0.3) is 0 Å². The van der Waals surface area contributed by atoms with Gasteiger partial charge in [0.05, 0.1) is 11.5 Å². The maximum atomic E-state index is 12.5. The van der Waals surface area contributed by atoms with E-state index >= 15 is 0 Å². The average molecular weight is 377 g/mol. The van der Waals surface area contributed by atoms with Crippen LogP contribution in [0.5, 0.6) is 0 Å². The van der Waals surface area contributed by atoms with E-state index in [2.05, 4.69) is 5.32 Å². The molecule has 2 fully saturated rings. The van der Waals surface area contributed by atoms with Crippen LogP contribution in [0.4, 0.5) is 10.5 Å². The Kier molecular flexibility index (Phi) is 5.13. The largest absolute Gasteiger partial charge is 0.481 e. The van der Waals surface area contributed by atoms with Gasteiger partial charge in [-0.15, -0.1) is 11.8 Å². The third-order valence-corrected chi connectivity index (χ3v) is 6.37. The Balaban J connectivity index is 1.64. The zero-order chi connectivity index (χ0) is 18.9. The van der Waals surface area contributed by atoms with Crippen molar-refractivity contribution in [3.8, 4) is 0 Å². The van der Waals surface area contributed by atoms with Gasteiger partial charge in [-0.2, -0.15) is 0 Å². The lowest BCUT2D eigenvalue weighted by atomic mass is 9.77. The molecule has 3 rings (SSSR count). The van der Waals surface area contributed by atoms with Gasteiger partial charge in [0.25, 0.3) is 0 Å². The lowest BCUT2D eigenvalue weighted by Gasteiger charge is -2.45. The van der Waals surface area contributed by atoms with Gasteiger partial charge < -0.3 is 20.2 Å². The van der Waals surface area contributed by atoms with Crippen LogP contribution in [0.15, 0.2) is 29.2 Å². The number of amides is 3. The molecule has 140 valence electrons. The number of rotatable bonds is 3. The Morgan fingerprint density at radius 3 is 2.38 bits per heavy atom. The molecule has 1 atom stereocenters. The van der Waals surface area contributed by atoms with Crippen molar-refractivity contribution < 1.29 is 19.5 Å². The van der Waals surface area contributed by atoms with E-state index in [1.165, 1.54) is 0 Å². The summed E-state index contributed by atoms with van der Waals surface area (Å²) < 4.78 is 0. The molecule has 8 heteroatoms. The second kappa shape index (κ2) is 7.19. The molecule has 0 aliphatic carbocycles. The van der Waals surface area contributed by atoms with E-state index in [1.54, 1.807) is 28.6 Å². The lowest BCUT2D eigenvalue weighted by Crippen LogP contribution is -2.57. The van der Waals surface area contributed by atoms with E-state index in [0.717, 1.165) is 10.6 Å². The second-order valence-electron chi connectivity index (χ2n) is 6.80. The van der Waals surface area contributed by atoms with E-state index in [9.17, 15) is 19.5 Å². The van der Waals surface area contributed by atoms with Crippen LogP contribution < -0.4 is 5.32 Å². The minimum atomic E-state index is -0.936. The number of urea groups is 1. The summed E-state index contributed by atoms with van der Waals surface area (Å²) in [6.45, 7) is 0.853. The fourth-order valence-corrected chi connectivity index (χ4v) is 4.37. The predicted molar refractivity (Wildman–Crippen MR) is 99.3 cm³/mol. The third kappa shape index (κ3) is 3.25. The van der Waals surface area contributed by atoms with Crippen LogP contribution >= 0.6 is 11.8 Å². The van der Waals surface area contributed by atoms with E-state index < -0.39 is 17.4 Å². The summed E-state index contributed by atoms with van der Waals surface area (Å²) in [7, 11) is 1.67. The van der Waals surface area contributed by atoms with Crippen molar-refractivity contribution in [2.75, 3.05) is 31.7 Å². The molecule has 0 bridgehead atoms. The minimum Gasteiger partial charge on any atom is -0.481 e. The Labute approximate surface area is 156 Å². The van der Waals surface area contributed by atoms with Gasteiger partial charge >= 0.3 is 12.0 Å². The molecular formula is C18H23N3O4S. The number of aliphatic carboxylic acids is 1. The molecule has 2 aliphatic rings. The van der Waals surface area contributed by atoms with Crippen LogP contribution in [-0.2, 0) is 9.59 Å². The molecule has 2 aliphatic heterocycles. The van der Waals surface area contributed by atoms with Crippen LogP contribution in [-0.4, -0.2) is 64.7 Å². The SMILES string of the molecule is CSc1ccc(NC(=O)N2CCC3(CC2)C(C(=O)O)CC(=O)N3C)cc1. The topological polar surface area (TPSA) is 90.0 Å². The van der Waals surface area contributed by atoms with Crippen molar-refractivity contribution in [1.29, 1.82) is 0 Å². The summed E-state index contributed by atoms with van der Waals surface area (Å²) >= 11 is 1.63. The highest BCUT2D eigenvalue weighted by Crippen LogP contribution is 2.42. The Hall–Kier alpha value is -2.22. The smallest absolute Gasteiger partial charge is 0.321 e. The number of nitrogens with one attached hydrogen (secondary N) is 1. The maximum absolute atomic E-state index is 12.5. The van der Waals surface area contributed by atoms with Crippen molar-refractivity contribution in [2.24, 2.45) is 5.92 Å². The van der Waals surface area contributed by atoms with Gasteiger partial charge in [0, 0.05) is 37.1 Å². The van der Waals surface area contributed by atoms with Crippen molar-refractivity contribution >= 4 is 35.4 Å². The van der Waals surface area contributed by atoms with E-state index in [1.807, 2.05) is 30.5 Å². The lowest BCUT2D eigenvalue weighted by molar-refractivity contribution is -0.145.